The highest BCUT2D eigenvalue weighted by Crippen LogP contribution is 2.23. The molecule has 0 aliphatic rings. The number of pyridine rings is 1. The standard InChI is InChI=1S/C24H25N3O4/c1-16-21(17(2)26(3)22(16)24(30)31-4)20(28)15-27(14-18-10-12-25-13-11-18)23(29)19-8-6-5-7-9-19/h5-13H,14-15H2,1-4H3. The molecular formula is C24H25N3O4. The molecule has 31 heavy (non-hydrogen) atoms. The summed E-state index contributed by atoms with van der Waals surface area (Å²) in [5.74, 6) is -0.986. The van der Waals surface area contributed by atoms with E-state index in [9.17, 15) is 14.4 Å². The van der Waals surface area contributed by atoms with Crippen molar-refractivity contribution in [2.24, 2.45) is 7.05 Å². The van der Waals surface area contributed by atoms with E-state index in [0.29, 0.717) is 28.1 Å². The number of esters is 1. The highest BCUT2D eigenvalue weighted by atomic mass is 16.5. The van der Waals surface area contributed by atoms with Gasteiger partial charge in [0, 0.05) is 42.8 Å². The molecule has 0 saturated carbocycles. The number of amides is 1. The third-order valence-corrected chi connectivity index (χ3v) is 5.35. The Kier molecular flexibility index (Phi) is 6.65. The smallest absolute Gasteiger partial charge is 0.354 e. The van der Waals surface area contributed by atoms with Crippen LogP contribution in [0.15, 0.2) is 54.9 Å². The van der Waals surface area contributed by atoms with Gasteiger partial charge in [0.05, 0.1) is 13.7 Å². The average Bonchev–Trinajstić information content (AvgIpc) is 3.01. The van der Waals surface area contributed by atoms with Crippen LogP contribution in [-0.4, -0.2) is 45.8 Å². The fourth-order valence-corrected chi connectivity index (χ4v) is 3.70. The number of hydrogen-bond acceptors (Lipinski definition) is 5. The van der Waals surface area contributed by atoms with Gasteiger partial charge in [0.15, 0.2) is 5.78 Å². The fraction of sp³-hybridized carbons (Fsp3) is 0.250. The van der Waals surface area contributed by atoms with Crippen molar-refractivity contribution in [3.63, 3.8) is 0 Å². The molecule has 0 saturated heterocycles. The lowest BCUT2D eigenvalue weighted by Gasteiger charge is -2.22. The van der Waals surface area contributed by atoms with Gasteiger partial charge < -0.3 is 14.2 Å². The van der Waals surface area contributed by atoms with E-state index >= 15 is 0 Å². The van der Waals surface area contributed by atoms with Gasteiger partial charge in [-0.1, -0.05) is 18.2 Å². The number of carbonyl (C=O) groups is 3. The zero-order valence-electron chi connectivity index (χ0n) is 18.1. The summed E-state index contributed by atoms with van der Waals surface area (Å²) in [6, 6.07) is 12.5. The number of benzene rings is 1. The average molecular weight is 419 g/mol. The van der Waals surface area contributed by atoms with Crippen LogP contribution in [0.1, 0.15) is 48.0 Å². The topological polar surface area (TPSA) is 81.5 Å². The molecule has 0 unspecified atom stereocenters. The Hall–Kier alpha value is -3.74. The minimum Gasteiger partial charge on any atom is -0.464 e. The third kappa shape index (κ3) is 4.55. The highest BCUT2D eigenvalue weighted by Gasteiger charge is 2.28. The van der Waals surface area contributed by atoms with Crippen molar-refractivity contribution in [1.82, 2.24) is 14.5 Å². The number of ether oxygens (including phenoxy) is 1. The molecule has 1 amide bonds. The molecule has 3 rings (SSSR count). The van der Waals surface area contributed by atoms with Crippen LogP contribution in [-0.2, 0) is 18.3 Å². The van der Waals surface area contributed by atoms with E-state index < -0.39 is 5.97 Å². The number of Topliss-reactive ketones (excluding diaryl/α,β-unsaturated/α-hetero) is 1. The van der Waals surface area contributed by atoms with Gasteiger partial charge >= 0.3 is 5.97 Å². The lowest BCUT2D eigenvalue weighted by molar-refractivity contribution is 0.0588. The maximum Gasteiger partial charge on any atom is 0.354 e. The largest absolute Gasteiger partial charge is 0.464 e. The van der Waals surface area contributed by atoms with Crippen molar-refractivity contribution in [3.8, 4) is 0 Å². The number of hydrogen-bond donors (Lipinski definition) is 0. The molecule has 160 valence electrons. The summed E-state index contributed by atoms with van der Waals surface area (Å²) in [5.41, 5.74) is 3.33. The van der Waals surface area contributed by atoms with Crippen LogP contribution in [0.2, 0.25) is 0 Å². The minimum atomic E-state index is -0.504. The summed E-state index contributed by atoms with van der Waals surface area (Å²) >= 11 is 0. The fourth-order valence-electron chi connectivity index (χ4n) is 3.70. The molecule has 3 aromatic rings. The van der Waals surface area contributed by atoms with Crippen LogP contribution in [0.5, 0.6) is 0 Å². The van der Waals surface area contributed by atoms with Crippen molar-refractivity contribution in [2.75, 3.05) is 13.7 Å². The molecule has 1 aromatic carbocycles. The van der Waals surface area contributed by atoms with Crippen LogP contribution in [0.4, 0.5) is 0 Å². The molecule has 0 fully saturated rings. The van der Waals surface area contributed by atoms with Gasteiger partial charge in [-0.3, -0.25) is 14.6 Å². The molecule has 0 spiro atoms. The number of rotatable bonds is 7. The van der Waals surface area contributed by atoms with Crippen LogP contribution >= 0.6 is 0 Å². The molecule has 7 nitrogen and oxygen atoms in total. The van der Waals surface area contributed by atoms with E-state index in [2.05, 4.69) is 4.98 Å². The lowest BCUT2D eigenvalue weighted by atomic mass is 10.0. The molecule has 2 aromatic heterocycles. The van der Waals surface area contributed by atoms with E-state index in [1.54, 1.807) is 62.1 Å². The zero-order chi connectivity index (χ0) is 22.5. The first kappa shape index (κ1) is 22.0. The molecular weight excluding hydrogens is 394 g/mol. The normalized spacial score (nSPS) is 10.6. The first-order valence-electron chi connectivity index (χ1n) is 9.85. The second-order valence-electron chi connectivity index (χ2n) is 7.29. The maximum absolute atomic E-state index is 13.3. The Labute approximate surface area is 181 Å². The predicted molar refractivity (Wildman–Crippen MR) is 116 cm³/mol. The Morgan fingerprint density at radius 1 is 1.03 bits per heavy atom. The van der Waals surface area contributed by atoms with E-state index in [4.69, 9.17) is 4.74 Å². The highest BCUT2D eigenvalue weighted by molar-refractivity contribution is 6.06. The van der Waals surface area contributed by atoms with Crippen LogP contribution in [0.25, 0.3) is 0 Å². The summed E-state index contributed by atoms with van der Waals surface area (Å²) < 4.78 is 6.51. The molecule has 0 N–H and O–H groups in total. The van der Waals surface area contributed by atoms with Crippen LogP contribution < -0.4 is 0 Å². The van der Waals surface area contributed by atoms with Gasteiger partial charge in [0.1, 0.15) is 5.69 Å². The lowest BCUT2D eigenvalue weighted by Crippen LogP contribution is -2.35. The first-order valence-corrected chi connectivity index (χ1v) is 9.85. The van der Waals surface area contributed by atoms with E-state index in [1.807, 2.05) is 18.2 Å². The van der Waals surface area contributed by atoms with E-state index in [-0.39, 0.29) is 24.8 Å². The second-order valence-corrected chi connectivity index (χ2v) is 7.29. The molecule has 0 atom stereocenters. The van der Waals surface area contributed by atoms with Crippen molar-refractivity contribution >= 4 is 17.7 Å². The summed E-state index contributed by atoms with van der Waals surface area (Å²) in [6.07, 6.45) is 3.30. The quantitative estimate of drug-likeness (QED) is 0.433. The molecule has 0 radical (unpaired) electrons. The van der Waals surface area contributed by atoms with Crippen LogP contribution in [0, 0.1) is 13.8 Å². The van der Waals surface area contributed by atoms with Gasteiger partial charge in [0.25, 0.3) is 5.91 Å². The summed E-state index contributed by atoms with van der Waals surface area (Å²) in [7, 11) is 3.02. The number of ketones is 1. The van der Waals surface area contributed by atoms with Gasteiger partial charge in [0.2, 0.25) is 0 Å². The van der Waals surface area contributed by atoms with Crippen molar-refractivity contribution in [2.45, 2.75) is 20.4 Å². The summed E-state index contributed by atoms with van der Waals surface area (Å²) in [5, 5.41) is 0. The van der Waals surface area contributed by atoms with Crippen LogP contribution in [0.3, 0.4) is 0 Å². The second kappa shape index (κ2) is 9.38. The van der Waals surface area contributed by atoms with Gasteiger partial charge in [-0.25, -0.2) is 4.79 Å². The predicted octanol–water partition coefficient (Wildman–Crippen LogP) is 3.35. The molecule has 0 aliphatic heterocycles. The van der Waals surface area contributed by atoms with Crippen molar-refractivity contribution in [3.05, 3.63) is 88.5 Å². The van der Waals surface area contributed by atoms with Gasteiger partial charge in [-0.05, 0) is 49.2 Å². The maximum atomic E-state index is 13.3. The van der Waals surface area contributed by atoms with Crippen molar-refractivity contribution in [1.29, 1.82) is 0 Å². The molecule has 2 heterocycles. The Morgan fingerprint density at radius 3 is 2.29 bits per heavy atom. The number of nitrogens with zero attached hydrogens (tertiary/aromatic N) is 3. The molecule has 0 aliphatic carbocycles. The Morgan fingerprint density at radius 2 is 1.68 bits per heavy atom. The molecule has 0 bridgehead atoms. The molecule has 7 heteroatoms. The number of methoxy groups -OCH3 is 1. The number of carbonyl (C=O) groups excluding carboxylic acids is 3. The van der Waals surface area contributed by atoms with Gasteiger partial charge in [-0.15, -0.1) is 0 Å². The van der Waals surface area contributed by atoms with E-state index in [0.717, 1.165) is 5.56 Å². The number of aromatic nitrogens is 2. The van der Waals surface area contributed by atoms with E-state index in [1.165, 1.54) is 12.0 Å². The zero-order valence-corrected chi connectivity index (χ0v) is 18.1. The Balaban J connectivity index is 1.95. The van der Waals surface area contributed by atoms with Gasteiger partial charge in [-0.2, -0.15) is 0 Å². The SMILES string of the molecule is COC(=O)c1c(C)c(C(=O)CN(Cc2ccncc2)C(=O)c2ccccc2)c(C)n1C. The Bertz CT molecular complexity index is 1100. The third-order valence-electron chi connectivity index (χ3n) is 5.35. The van der Waals surface area contributed by atoms with Crippen molar-refractivity contribution < 1.29 is 19.1 Å². The summed E-state index contributed by atoms with van der Waals surface area (Å²) in [6.45, 7) is 3.64. The first-order chi connectivity index (χ1) is 14.8. The minimum absolute atomic E-state index is 0.123. The monoisotopic (exact) mass is 419 g/mol. The summed E-state index contributed by atoms with van der Waals surface area (Å²) in [4.78, 5) is 44.2.